The van der Waals surface area contributed by atoms with E-state index in [1.807, 2.05) is 20.8 Å². The molecule has 0 aliphatic carbocycles. The molecule has 0 radical (unpaired) electrons. The van der Waals surface area contributed by atoms with Gasteiger partial charge in [-0.15, -0.1) is 0 Å². The number of sulfonamides is 1. The molecule has 0 aliphatic rings. The Kier molecular flexibility index (Phi) is 5.72. The van der Waals surface area contributed by atoms with E-state index in [4.69, 9.17) is 33.1 Å². The highest BCUT2D eigenvalue weighted by Crippen LogP contribution is 2.31. The van der Waals surface area contributed by atoms with E-state index in [2.05, 4.69) is 0 Å². The summed E-state index contributed by atoms with van der Waals surface area (Å²) in [5.41, 5.74) is -0.259. The van der Waals surface area contributed by atoms with Gasteiger partial charge in [0.25, 0.3) is 0 Å². The fourth-order valence-corrected chi connectivity index (χ4v) is 3.23. The molecule has 1 aromatic carbocycles. The minimum Gasteiger partial charge on any atom is -0.492 e. The summed E-state index contributed by atoms with van der Waals surface area (Å²) < 4.78 is 28.2. The highest BCUT2D eigenvalue weighted by Gasteiger charge is 2.29. The van der Waals surface area contributed by atoms with E-state index < -0.39 is 10.0 Å². The van der Waals surface area contributed by atoms with Crippen LogP contribution in [0, 0.1) is 11.3 Å². The topological polar surface area (TPSA) is 69.4 Å². The van der Waals surface area contributed by atoms with E-state index in [9.17, 15) is 8.42 Å². The van der Waals surface area contributed by atoms with Crippen LogP contribution in [0.3, 0.4) is 0 Å². The van der Waals surface area contributed by atoms with Gasteiger partial charge in [0.2, 0.25) is 10.0 Å². The molecule has 0 spiro atoms. The van der Waals surface area contributed by atoms with Gasteiger partial charge in [-0.3, -0.25) is 0 Å². The Hall–Kier alpha value is -0.490. The summed E-state index contributed by atoms with van der Waals surface area (Å²) in [4.78, 5) is 0. The van der Waals surface area contributed by atoms with Gasteiger partial charge in [0, 0.05) is 10.9 Å². The quantitative estimate of drug-likeness (QED) is 0.894. The normalized spacial score (nSPS) is 14.1. The lowest BCUT2D eigenvalue weighted by Gasteiger charge is -2.30. The lowest BCUT2D eigenvalue weighted by molar-refractivity contribution is 0.163. The molecule has 1 rings (SSSR count). The van der Waals surface area contributed by atoms with Crippen LogP contribution in [-0.2, 0) is 10.0 Å². The van der Waals surface area contributed by atoms with Crippen LogP contribution in [0.5, 0.6) is 5.75 Å². The van der Waals surface area contributed by atoms with Gasteiger partial charge in [-0.25, -0.2) is 13.6 Å². The van der Waals surface area contributed by atoms with Crippen LogP contribution in [0.2, 0.25) is 10.0 Å². The van der Waals surface area contributed by atoms with Crippen molar-refractivity contribution in [2.45, 2.75) is 20.8 Å². The SMILES string of the molecule is CC(C)(C)C(COc1ccc(Cl)cc1Cl)CS(N)(=O)=O. The predicted molar refractivity (Wildman–Crippen MR) is 82.9 cm³/mol. The molecule has 0 heterocycles. The molecule has 4 nitrogen and oxygen atoms in total. The van der Waals surface area contributed by atoms with Crippen LogP contribution < -0.4 is 9.88 Å². The minimum atomic E-state index is -3.56. The maximum atomic E-state index is 11.3. The van der Waals surface area contributed by atoms with E-state index in [1.54, 1.807) is 18.2 Å². The highest BCUT2D eigenvalue weighted by molar-refractivity contribution is 7.89. The van der Waals surface area contributed by atoms with Gasteiger partial charge in [-0.1, -0.05) is 44.0 Å². The molecule has 0 bridgehead atoms. The summed E-state index contributed by atoms with van der Waals surface area (Å²) in [6.07, 6.45) is 0. The zero-order valence-electron chi connectivity index (χ0n) is 11.7. The molecule has 1 aromatic rings. The Morgan fingerprint density at radius 3 is 2.35 bits per heavy atom. The van der Waals surface area contributed by atoms with Crippen LogP contribution in [0.4, 0.5) is 0 Å². The first-order valence-electron chi connectivity index (χ1n) is 6.07. The van der Waals surface area contributed by atoms with Gasteiger partial charge < -0.3 is 4.74 Å². The molecule has 0 amide bonds. The molecule has 0 aliphatic heterocycles. The first kappa shape index (κ1) is 17.6. The van der Waals surface area contributed by atoms with Crippen LogP contribution >= 0.6 is 23.2 Å². The average molecular weight is 340 g/mol. The van der Waals surface area contributed by atoms with Crippen molar-refractivity contribution in [3.05, 3.63) is 28.2 Å². The summed E-state index contributed by atoms with van der Waals surface area (Å²) in [6, 6.07) is 4.89. The van der Waals surface area contributed by atoms with Crippen LogP contribution in [0.1, 0.15) is 20.8 Å². The number of hydrogen-bond acceptors (Lipinski definition) is 3. The number of primary sulfonamides is 1. The number of benzene rings is 1. The second kappa shape index (κ2) is 6.52. The van der Waals surface area contributed by atoms with Crippen molar-refractivity contribution in [2.75, 3.05) is 12.4 Å². The van der Waals surface area contributed by atoms with Gasteiger partial charge >= 0.3 is 0 Å². The Labute approximate surface area is 130 Å². The first-order valence-corrected chi connectivity index (χ1v) is 8.54. The number of ether oxygens (including phenoxy) is 1. The standard InChI is InChI=1S/C13H19Cl2NO3S/c1-13(2,3)9(8-20(16,17)18)7-19-12-5-4-10(14)6-11(12)15/h4-6,9H,7-8H2,1-3H3,(H2,16,17,18). The average Bonchev–Trinajstić information content (AvgIpc) is 2.23. The molecule has 1 unspecified atom stereocenters. The predicted octanol–water partition coefficient (Wildman–Crippen LogP) is 3.32. The van der Waals surface area contributed by atoms with Gasteiger partial charge in [-0.2, -0.15) is 0 Å². The lowest BCUT2D eigenvalue weighted by Crippen LogP contribution is -2.35. The summed E-state index contributed by atoms with van der Waals surface area (Å²) >= 11 is 11.8. The molecule has 0 aromatic heterocycles. The van der Waals surface area contributed by atoms with E-state index in [0.717, 1.165) is 0 Å². The number of halogens is 2. The molecule has 0 saturated heterocycles. The molecule has 114 valence electrons. The summed E-state index contributed by atoms with van der Waals surface area (Å²) in [7, 11) is -3.56. The van der Waals surface area contributed by atoms with Gasteiger partial charge in [-0.05, 0) is 23.6 Å². The van der Waals surface area contributed by atoms with Crippen molar-refractivity contribution < 1.29 is 13.2 Å². The second-order valence-corrected chi connectivity index (χ2v) is 8.28. The van der Waals surface area contributed by atoms with Crippen LogP contribution in [0.15, 0.2) is 18.2 Å². The second-order valence-electron chi connectivity index (χ2n) is 5.78. The van der Waals surface area contributed by atoms with Crippen LogP contribution in [-0.4, -0.2) is 20.8 Å². The largest absolute Gasteiger partial charge is 0.492 e. The Morgan fingerprint density at radius 2 is 1.90 bits per heavy atom. The van der Waals surface area contributed by atoms with E-state index in [1.165, 1.54) is 0 Å². The zero-order chi connectivity index (χ0) is 15.6. The fraction of sp³-hybridized carbons (Fsp3) is 0.538. The Balaban J connectivity index is 2.81. The molecule has 0 fully saturated rings. The minimum absolute atomic E-state index is 0.137. The van der Waals surface area contributed by atoms with Crippen molar-refractivity contribution in [1.82, 2.24) is 0 Å². The summed E-state index contributed by atoms with van der Waals surface area (Å²) in [5, 5.41) is 6.03. The highest BCUT2D eigenvalue weighted by atomic mass is 35.5. The molecule has 2 N–H and O–H groups in total. The molecule has 0 saturated carbocycles. The van der Waals surface area contributed by atoms with Crippen molar-refractivity contribution >= 4 is 33.2 Å². The lowest BCUT2D eigenvalue weighted by atomic mass is 9.82. The number of rotatable bonds is 5. The van der Waals surface area contributed by atoms with Crippen molar-refractivity contribution in [1.29, 1.82) is 0 Å². The van der Waals surface area contributed by atoms with Gasteiger partial charge in [0.05, 0.1) is 17.4 Å². The third kappa shape index (κ3) is 5.87. The van der Waals surface area contributed by atoms with Crippen LogP contribution in [0.25, 0.3) is 0 Å². The van der Waals surface area contributed by atoms with E-state index >= 15 is 0 Å². The molecule has 7 heteroatoms. The monoisotopic (exact) mass is 339 g/mol. The van der Waals surface area contributed by atoms with Crippen molar-refractivity contribution in [2.24, 2.45) is 16.5 Å². The van der Waals surface area contributed by atoms with Gasteiger partial charge in [0.1, 0.15) is 5.75 Å². The Morgan fingerprint density at radius 1 is 1.30 bits per heavy atom. The molecule has 20 heavy (non-hydrogen) atoms. The van der Waals surface area contributed by atoms with E-state index in [-0.39, 0.29) is 23.7 Å². The molecular formula is C13H19Cl2NO3S. The number of nitrogens with two attached hydrogens (primary N) is 1. The Bertz CT molecular complexity index is 567. The summed E-state index contributed by atoms with van der Waals surface area (Å²) in [5.74, 6) is 0.0887. The first-order chi connectivity index (χ1) is 8.99. The molecule has 1 atom stereocenters. The van der Waals surface area contributed by atoms with E-state index in [0.29, 0.717) is 15.8 Å². The smallest absolute Gasteiger partial charge is 0.209 e. The zero-order valence-corrected chi connectivity index (χ0v) is 14.0. The third-order valence-corrected chi connectivity index (χ3v) is 4.39. The number of hydrogen-bond donors (Lipinski definition) is 1. The molecular weight excluding hydrogens is 321 g/mol. The fourth-order valence-electron chi connectivity index (χ4n) is 1.61. The van der Waals surface area contributed by atoms with Crippen molar-refractivity contribution in [3.63, 3.8) is 0 Å². The summed E-state index contributed by atoms with van der Waals surface area (Å²) in [6.45, 7) is 6.03. The van der Waals surface area contributed by atoms with Gasteiger partial charge in [0.15, 0.2) is 0 Å². The van der Waals surface area contributed by atoms with Crippen molar-refractivity contribution in [3.8, 4) is 5.75 Å². The maximum Gasteiger partial charge on any atom is 0.209 e. The third-order valence-electron chi connectivity index (χ3n) is 2.99. The maximum absolute atomic E-state index is 11.3.